The minimum absolute atomic E-state index is 0.226. The van der Waals surface area contributed by atoms with Crippen molar-refractivity contribution in [3.05, 3.63) is 30.3 Å². The summed E-state index contributed by atoms with van der Waals surface area (Å²) in [6.45, 7) is 1.53. The molecule has 0 bridgehead atoms. The van der Waals surface area contributed by atoms with Gasteiger partial charge in [0, 0.05) is 24.5 Å². The molecule has 0 unspecified atom stereocenters. The second kappa shape index (κ2) is 5.32. The van der Waals surface area contributed by atoms with E-state index >= 15 is 0 Å². The van der Waals surface area contributed by atoms with Gasteiger partial charge in [-0.2, -0.15) is 0 Å². The summed E-state index contributed by atoms with van der Waals surface area (Å²) >= 11 is 0. The molecule has 100 valence electrons. The number of aromatic nitrogens is 1. The largest absolute Gasteiger partial charge is 0.490 e. The lowest BCUT2D eigenvalue weighted by Gasteiger charge is -2.23. The van der Waals surface area contributed by atoms with E-state index in [-0.39, 0.29) is 6.10 Å². The van der Waals surface area contributed by atoms with Crippen LogP contribution in [0.1, 0.15) is 12.8 Å². The van der Waals surface area contributed by atoms with Crippen LogP contribution in [0.15, 0.2) is 34.9 Å². The number of nitrogen functional groups attached to an aromatic ring is 1. The molecule has 3 rings (SSSR count). The van der Waals surface area contributed by atoms with E-state index in [0.717, 1.165) is 37.4 Å². The fourth-order valence-electron chi connectivity index (χ4n) is 2.13. The average molecular weight is 260 g/mol. The zero-order valence-electron chi connectivity index (χ0n) is 10.5. The number of anilines is 1. The molecular weight excluding hydrogens is 244 g/mol. The summed E-state index contributed by atoms with van der Waals surface area (Å²) in [5.41, 5.74) is 6.46. The monoisotopic (exact) mass is 260 g/mol. The lowest BCUT2D eigenvalue weighted by atomic mass is 10.1. The van der Waals surface area contributed by atoms with Crippen molar-refractivity contribution in [1.29, 1.82) is 0 Å². The lowest BCUT2D eigenvalue weighted by molar-refractivity contribution is 0.0256. The molecule has 0 spiro atoms. The molecule has 2 aromatic rings. The smallest absolute Gasteiger partial charge is 0.169 e. The lowest BCUT2D eigenvalue weighted by Crippen LogP contribution is -2.25. The van der Waals surface area contributed by atoms with Gasteiger partial charge >= 0.3 is 0 Å². The van der Waals surface area contributed by atoms with Crippen LogP contribution >= 0.6 is 0 Å². The minimum Gasteiger partial charge on any atom is -0.490 e. The van der Waals surface area contributed by atoms with Gasteiger partial charge in [-0.1, -0.05) is 17.3 Å². The van der Waals surface area contributed by atoms with E-state index in [1.54, 1.807) is 6.07 Å². The van der Waals surface area contributed by atoms with Gasteiger partial charge in [-0.15, -0.1) is 0 Å². The third-order valence-corrected chi connectivity index (χ3v) is 3.12. The summed E-state index contributed by atoms with van der Waals surface area (Å²) in [6.07, 6.45) is 2.09. The van der Waals surface area contributed by atoms with E-state index in [4.69, 9.17) is 19.7 Å². The Kier molecular flexibility index (Phi) is 3.37. The third kappa shape index (κ3) is 2.88. The van der Waals surface area contributed by atoms with Gasteiger partial charge in [-0.05, 0) is 12.1 Å². The van der Waals surface area contributed by atoms with E-state index < -0.39 is 0 Å². The van der Waals surface area contributed by atoms with E-state index in [0.29, 0.717) is 11.6 Å². The quantitative estimate of drug-likeness (QED) is 0.918. The van der Waals surface area contributed by atoms with Crippen LogP contribution in [0, 0.1) is 0 Å². The molecule has 5 nitrogen and oxygen atoms in total. The van der Waals surface area contributed by atoms with Gasteiger partial charge < -0.3 is 19.7 Å². The number of nitrogens with two attached hydrogens (primary N) is 1. The SMILES string of the molecule is Nc1cc(-c2cccc(OC3CCOCC3)c2)on1. The average Bonchev–Trinajstić information content (AvgIpc) is 2.87. The Hall–Kier alpha value is -2.01. The summed E-state index contributed by atoms with van der Waals surface area (Å²) in [4.78, 5) is 0. The van der Waals surface area contributed by atoms with Crippen LogP contribution in [0.5, 0.6) is 5.75 Å². The van der Waals surface area contributed by atoms with Crippen LogP contribution in [0.2, 0.25) is 0 Å². The Labute approximate surface area is 111 Å². The van der Waals surface area contributed by atoms with Crippen molar-refractivity contribution < 1.29 is 14.0 Å². The van der Waals surface area contributed by atoms with Crippen molar-refractivity contribution in [3.8, 4) is 17.1 Å². The molecular formula is C14H16N2O3. The summed E-state index contributed by atoms with van der Waals surface area (Å²) in [7, 11) is 0. The molecule has 0 atom stereocenters. The van der Waals surface area contributed by atoms with Gasteiger partial charge in [-0.3, -0.25) is 0 Å². The third-order valence-electron chi connectivity index (χ3n) is 3.12. The molecule has 2 N–H and O–H groups in total. The van der Waals surface area contributed by atoms with Crippen molar-refractivity contribution in [2.45, 2.75) is 18.9 Å². The summed E-state index contributed by atoms with van der Waals surface area (Å²) in [6, 6.07) is 9.46. The van der Waals surface area contributed by atoms with E-state index in [1.807, 2.05) is 24.3 Å². The normalized spacial score (nSPS) is 16.4. The van der Waals surface area contributed by atoms with Crippen molar-refractivity contribution in [2.75, 3.05) is 18.9 Å². The first-order valence-corrected chi connectivity index (χ1v) is 6.38. The maximum Gasteiger partial charge on any atom is 0.169 e. The first kappa shape index (κ1) is 12.0. The van der Waals surface area contributed by atoms with Crippen LogP contribution in [-0.2, 0) is 4.74 Å². The Morgan fingerprint density at radius 1 is 1.21 bits per heavy atom. The number of rotatable bonds is 3. The number of ether oxygens (including phenoxy) is 2. The zero-order valence-corrected chi connectivity index (χ0v) is 10.5. The molecule has 2 heterocycles. The number of hydrogen-bond acceptors (Lipinski definition) is 5. The first-order valence-electron chi connectivity index (χ1n) is 6.38. The minimum atomic E-state index is 0.226. The number of nitrogens with zero attached hydrogens (tertiary/aromatic N) is 1. The van der Waals surface area contributed by atoms with Crippen LogP contribution in [0.25, 0.3) is 11.3 Å². The second-order valence-electron chi connectivity index (χ2n) is 4.57. The molecule has 0 saturated carbocycles. The molecule has 1 fully saturated rings. The van der Waals surface area contributed by atoms with Crippen LogP contribution in [-0.4, -0.2) is 24.5 Å². The molecule has 5 heteroatoms. The Morgan fingerprint density at radius 3 is 2.79 bits per heavy atom. The van der Waals surface area contributed by atoms with Crippen molar-refractivity contribution in [1.82, 2.24) is 5.16 Å². The maximum atomic E-state index is 5.95. The molecule has 1 aliphatic heterocycles. The highest BCUT2D eigenvalue weighted by atomic mass is 16.5. The molecule has 1 aromatic heterocycles. The summed E-state index contributed by atoms with van der Waals surface area (Å²) in [5.74, 6) is 1.86. The summed E-state index contributed by atoms with van der Waals surface area (Å²) in [5, 5.41) is 3.68. The fraction of sp³-hybridized carbons (Fsp3) is 0.357. The molecule has 0 radical (unpaired) electrons. The molecule has 0 amide bonds. The molecule has 1 aliphatic rings. The van der Waals surface area contributed by atoms with E-state index in [1.165, 1.54) is 0 Å². The molecule has 19 heavy (non-hydrogen) atoms. The van der Waals surface area contributed by atoms with Crippen molar-refractivity contribution in [2.24, 2.45) is 0 Å². The Balaban J connectivity index is 1.75. The van der Waals surface area contributed by atoms with Gasteiger partial charge in [0.25, 0.3) is 0 Å². The van der Waals surface area contributed by atoms with Gasteiger partial charge in [0.05, 0.1) is 13.2 Å². The topological polar surface area (TPSA) is 70.5 Å². The van der Waals surface area contributed by atoms with E-state index in [2.05, 4.69) is 5.16 Å². The predicted molar refractivity (Wildman–Crippen MR) is 70.8 cm³/mol. The van der Waals surface area contributed by atoms with Gasteiger partial charge in [0.2, 0.25) is 0 Å². The van der Waals surface area contributed by atoms with Crippen molar-refractivity contribution >= 4 is 5.82 Å². The fourth-order valence-corrected chi connectivity index (χ4v) is 2.13. The van der Waals surface area contributed by atoms with Crippen LogP contribution in [0.3, 0.4) is 0 Å². The highest BCUT2D eigenvalue weighted by Crippen LogP contribution is 2.26. The predicted octanol–water partition coefficient (Wildman–Crippen LogP) is 2.48. The van der Waals surface area contributed by atoms with Crippen molar-refractivity contribution in [3.63, 3.8) is 0 Å². The molecule has 1 saturated heterocycles. The zero-order chi connectivity index (χ0) is 13.1. The summed E-state index contributed by atoms with van der Waals surface area (Å²) < 4.78 is 16.4. The highest BCUT2D eigenvalue weighted by Gasteiger charge is 2.15. The standard InChI is InChI=1S/C14H16N2O3/c15-14-9-13(19-16-14)10-2-1-3-12(8-10)18-11-4-6-17-7-5-11/h1-3,8-9,11H,4-7H2,(H2,15,16). The van der Waals surface area contributed by atoms with Crippen LogP contribution < -0.4 is 10.5 Å². The highest BCUT2D eigenvalue weighted by molar-refractivity contribution is 5.61. The molecule has 1 aromatic carbocycles. The van der Waals surface area contributed by atoms with Crippen LogP contribution in [0.4, 0.5) is 5.82 Å². The number of hydrogen-bond donors (Lipinski definition) is 1. The maximum absolute atomic E-state index is 5.95. The Bertz CT molecular complexity index is 547. The first-order chi connectivity index (χ1) is 9.31. The van der Waals surface area contributed by atoms with E-state index in [9.17, 15) is 0 Å². The molecule has 0 aliphatic carbocycles. The second-order valence-corrected chi connectivity index (χ2v) is 4.57. The Morgan fingerprint density at radius 2 is 2.05 bits per heavy atom. The van der Waals surface area contributed by atoms with Gasteiger partial charge in [0.15, 0.2) is 11.6 Å². The van der Waals surface area contributed by atoms with Gasteiger partial charge in [-0.25, -0.2) is 0 Å². The van der Waals surface area contributed by atoms with Gasteiger partial charge in [0.1, 0.15) is 11.9 Å². The number of benzene rings is 1.